The Morgan fingerprint density at radius 1 is 1.45 bits per heavy atom. The second-order valence-electron chi connectivity index (χ2n) is 3.97. The van der Waals surface area contributed by atoms with Gasteiger partial charge in [0.25, 0.3) is 0 Å². The number of pyridine rings is 1. The highest BCUT2D eigenvalue weighted by atomic mass is 79.9. The lowest BCUT2D eigenvalue weighted by Crippen LogP contribution is -2.18. The molecule has 0 radical (unpaired) electrons. The van der Waals surface area contributed by atoms with Crippen molar-refractivity contribution < 1.29 is 9.60 Å². The van der Waals surface area contributed by atoms with Crippen molar-refractivity contribution >= 4 is 27.5 Å². The van der Waals surface area contributed by atoms with Crippen LogP contribution < -0.4 is 11.1 Å². The molecule has 0 aliphatic carbocycles. The molecule has 0 bridgehead atoms. The molecule has 0 fully saturated rings. The number of nitrogens with one attached hydrogen (secondary N) is 1. The van der Waals surface area contributed by atoms with Crippen LogP contribution in [-0.4, -0.2) is 16.0 Å². The molecule has 1 aromatic heterocycles. The maximum absolute atomic E-state index is 13.6. The van der Waals surface area contributed by atoms with Gasteiger partial charge in [0.1, 0.15) is 11.5 Å². The van der Waals surface area contributed by atoms with Crippen molar-refractivity contribution in [1.29, 1.82) is 0 Å². The molecule has 2 aromatic rings. The van der Waals surface area contributed by atoms with Gasteiger partial charge in [-0.2, -0.15) is 0 Å². The van der Waals surface area contributed by atoms with Gasteiger partial charge in [0.05, 0.1) is 5.69 Å². The van der Waals surface area contributed by atoms with Crippen molar-refractivity contribution in [3.8, 4) is 0 Å². The number of nitrogens with zero attached hydrogens (tertiary/aromatic N) is 2. The van der Waals surface area contributed by atoms with Gasteiger partial charge in [-0.1, -0.05) is 27.2 Å². The third-order valence-electron chi connectivity index (χ3n) is 2.64. The average Bonchev–Trinajstić information content (AvgIpc) is 2.47. The number of halogens is 2. The molecule has 104 valence electrons. The van der Waals surface area contributed by atoms with Crippen LogP contribution in [0.25, 0.3) is 0 Å². The summed E-state index contributed by atoms with van der Waals surface area (Å²) in [6.07, 6.45) is 1.54. The third kappa shape index (κ3) is 3.24. The van der Waals surface area contributed by atoms with Crippen LogP contribution in [0.3, 0.4) is 0 Å². The van der Waals surface area contributed by atoms with Crippen molar-refractivity contribution in [3.05, 3.63) is 58.1 Å². The van der Waals surface area contributed by atoms with Gasteiger partial charge in [0, 0.05) is 22.8 Å². The molecular formula is C13H12BrFN4O. The molecule has 1 heterocycles. The third-order valence-corrected chi connectivity index (χ3v) is 3.13. The van der Waals surface area contributed by atoms with Crippen molar-refractivity contribution in [2.75, 3.05) is 5.32 Å². The van der Waals surface area contributed by atoms with Gasteiger partial charge in [0.2, 0.25) is 0 Å². The maximum atomic E-state index is 13.6. The lowest BCUT2D eigenvalue weighted by Gasteiger charge is -2.10. The zero-order valence-corrected chi connectivity index (χ0v) is 11.9. The molecule has 7 heteroatoms. The smallest absolute Gasteiger partial charge is 0.189 e. The van der Waals surface area contributed by atoms with Crippen LogP contribution in [-0.2, 0) is 6.54 Å². The van der Waals surface area contributed by atoms with E-state index in [4.69, 9.17) is 10.9 Å². The molecule has 0 aliphatic rings. The summed E-state index contributed by atoms with van der Waals surface area (Å²) >= 11 is 3.28. The number of oxime groups is 1. The molecule has 0 aliphatic heterocycles. The second-order valence-corrected chi connectivity index (χ2v) is 4.89. The molecule has 20 heavy (non-hydrogen) atoms. The predicted molar refractivity (Wildman–Crippen MR) is 78.2 cm³/mol. The van der Waals surface area contributed by atoms with E-state index in [-0.39, 0.29) is 11.7 Å². The average molecular weight is 339 g/mol. The minimum Gasteiger partial charge on any atom is -0.409 e. The molecule has 0 amide bonds. The summed E-state index contributed by atoms with van der Waals surface area (Å²) in [4.78, 5) is 4.04. The summed E-state index contributed by atoms with van der Waals surface area (Å²) in [5, 5.41) is 14.6. The van der Waals surface area contributed by atoms with E-state index in [2.05, 4.69) is 31.4 Å². The minimum atomic E-state index is -0.359. The molecule has 5 nitrogen and oxygen atoms in total. The minimum absolute atomic E-state index is 0.0860. The van der Waals surface area contributed by atoms with E-state index in [0.29, 0.717) is 23.5 Å². The largest absolute Gasteiger partial charge is 0.409 e. The van der Waals surface area contributed by atoms with Crippen LogP contribution in [0.5, 0.6) is 0 Å². The van der Waals surface area contributed by atoms with Gasteiger partial charge in [-0.3, -0.25) is 4.98 Å². The van der Waals surface area contributed by atoms with E-state index in [0.717, 1.165) is 4.47 Å². The van der Waals surface area contributed by atoms with Gasteiger partial charge in [-0.25, -0.2) is 4.39 Å². The quantitative estimate of drug-likeness (QED) is 0.346. The highest BCUT2D eigenvalue weighted by Crippen LogP contribution is 2.21. The monoisotopic (exact) mass is 338 g/mol. The first kappa shape index (κ1) is 14.3. The van der Waals surface area contributed by atoms with E-state index < -0.39 is 0 Å². The number of benzene rings is 1. The van der Waals surface area contributed by atoms with E-state index in [1.165, 1.54) is 12.3 Å². The van der Waals surface area contributed by atoms with Gasteiger partial charge in [-0.05, 0) is 24.3 Å². The second kappa shape index (κ2) is 6.33. The predicted octanol–water partition coefficient (Wildman–Crippen LogP) is 2.69. The molecule has 0 unspecified atom stereocenters. The number of hydrogen-bond acceptors (Lipinski definition) is 4. The van der Waals surface area contributed by atoms with Gasteiger partial charge in [0.15, 0.2) is 5.84 Å². The fourth-order valence-corrected chi connectivity index (χ4v) is 2.04. The fourth-order valence-electron chi connectivity index (χ4n) is 1.68. The maximum Gasteiger partial charge on any atom is 0.189 e. The van der Waals surface area contributed by atoms with E-state index in [1.54, 1.807) is 24.3 Å². The Morgan fingerprint density at radius 3 is 3.00 bits per heavy atom. The first-order valence-corrected chi connectivity index (χ1v) is 6.52. The topological polar surface area (TPSA) is 83.5 Å². The Balaban J connectivity index is 2.21. The zero-order chi connectivity index (χ0) is 14.5. The van der Waals surface area contributed by atoms with Crippen LogP contribution in [0, 0.1) is 5.82 Å². The molecule has 1 aromatic carbocycles. The normalized spacial score (nSPS) is 11.4. The van der Waals surface area contributed by atoms with Gasteiger partial charge >= 0.3 is 0 Å². The van der Waals surface area contributed by atoms with Crippen LogP contribution in [0.2, 0.25) is 0 Å². The summed E-state index contributed by atoms with van der Waals surface area (Å²) in [6, 6.07) is 8.10. The summed E-state index contributed by atoms with van der Waals surface area (Å²) in [6.45, 7) is 0.298. The van der Waals surface area contributed by atoms with Crippen LogP contribution >= 0.6 is 15.9 Å². The first-order chi connectivity index (χ1) is 9.61. The SMILES string of the molecule is NC(=NO)c1ncccc1CNc1cc(Br)ccc1F. The molecular weight excluding hydrogens is 327 g/mol. The molecule has 0 saturated carbocycles. The number of anilines is 1. The molecule has 0 atom stereocenters. The summed E-state index contributed by atoms with van der Waals surface area (Å²) in [5.74, 6) is -0.445. The molecule has 2 rings (SSSR count). The Hall–Kier alpha value is -2.15. The Kier molecular flexibility index (Phi) is 4.52. The Bertz CT molecular complexity index is 648. The molecule has 4 N–H and O–H groups in total. The molecule has 0 spiro atoms. The van der Waals surface area contributed by atoms with E-state index >= 15 is 0 Å². The summed E-state index contributed by atoms with van der Waals surface area (Å²) < 4.78 is 14.4. The highest BCUT2D eigenvalue weighted by molar-refractivity contribution is 9.10. The van der Waals surface area contributed by atoms with Crippen LogP contribution in [0.4, 0.5) is 10.1 Å². The Morgan fingerprint density at radius 2 is 2.25 bits per heavy atom. The zero-order valence-electron chi connectivity index (χ0n) is 10.3. The number of aromatic nitrogens is 1. The highest BCUT2D eigenvalue weighted by Gasteiger charge is 2.09. The summed E-state index contributed by atoms with van der Waals surface area (Å²) in [7, 11) is 0. The van der Waals surface area contributed by atoms with Crippen LogP contribution in [0.15, 0.2) is 46.2 Å². The van der Waals surface area contributed by atoms with Gasteiger partial charge in [-0.15, -0.1) is 0 Å². The fraction of sp³-hybridized carbons (Fsp3) is 0.0769. The Labute approximate surface area is 123 Å². The van der Waals surface area contributed by atoms with Crippen molar-refractivity contribution in [1.82, 2.24) is 4.98 Å². The van der Waals surface area contributed by atoms with Gasteiger partial charge < -0.3 is 16.3 Å². The van der Waals surface area contributed by atoms with Crippen molar-refractivity contribution in [2.24, 2.45) is 10.9 Å². The van der Waals surface area contributed by atoms with Crippen molar-refractivity contribution in [2.45, 2.75) is 6.54 Å². The van der Waals surface area contributed by atoms with E-state index in [9.17, 15) is 4.39 Å². The summed E-state index contributed by atoms with van der Waals surface area (Å²) in [5.41, 5.74) is 6.96. The van der Waals surface area contributed by atoms with E-state index in [1.807, 2.05) is 0 Å². The standard InChI is InChI=1S/C13H12BrFN4O/c14-9-3-4-10(15)11(6-9)18-7-8-2-1-5-17-12(8)13(16)19-20/h1-6,18,20H,7H2,(H2,16,19). The number of rotatable bonds is 4. The number of hydrogen-bond donors (Lipinski definition) is 3. The van der Waals surface area contributed by atoms with Crippen LogP contribution in [0.1, 0.15) is 11.3 Å². The lowest BCUT2D eigenvalue weighted by molar-refractivity contribution is 0.318. The molecule has 0 saturated heterocycles. The number of nitrogens with two attached hydrogens (primary N) is 1. The number of amidine groups is 1. The first-order valence-electron chi connectivity index (χ1n) is 5.72. The lowest BCUT2D eigenvalue weighted by atomic mass is 10.1. The van der Waals surface area contributed by atoms with Crippen molar-refractivity contribution in [3.63, 3.8) is 0 Å².